The van der Waals surface area contributed by atoms with Crippen LogP contribution in [0.5, 0.6) is 0 Å². The monoisotopic (exact) mass is 369 g/mol. The first-order valence-electron chi connectivity index (χ1n) is 9.51. The molecule has 5 heteroatoms. The van der Waals surface area contributed by atoms with Gasteiger partial charge in [-0.25, -0.2) is 4.39 Å². The number of carbonyl (C=O) groups is 1. The first-order chi connectivity index (χ1) is 13.0. The molecule has 0 saturated carbocycles. The average Bonchev–Trinajstić information content (AvgIpc) is 2.90. The van der Waals surface area contributed by atoms with Gasteiger partial charge in [0.1, 0.15) is 11.9 Å². The van der Waals surface area contributed by atoms with Gasteiger partial charge >= 0.3 is 0 Å². The largest absolute Gasteiger partial charge is 0.347 e. The van der Waals surface area contributed by atoms with Gasteiger partial charge in [0, 0.05) is 40.3 Å². The van der Waals surface area contributed by atoms with E-state index in [4.69, 9.17) is 0 Å². The number of hydrogen-bond acceptors (Lipinski definition) is 3. The Hall–Kier alpha value is -2.24. The van der Waals surface area contributed by atoms with E-state index in [2.05, 4.69) is 9.80 Å². The first-order valence-corrected chi connectivity index (χ1v) is 9.51. The van der Waals surface area contributed by atoms with Crippen molar-refractivity contribution in [2.24, 2.45) is 0 Å². The Morgan fingerprint density at radius 2 is 1.70 bits per heavy atom. The van der Waals surface area contributed by atoms with Crippen molar-refractivity contribution in [3.05, 3.63) is 71.5 Å². The molecule has 1 aliphatic heterocycles. The molecule has 1 atom stereocenters. The Bertz CT molecular complexity index is 733. The Balaban J connectivity index is 1.70. The van der Waals surface area contributed by atoms with Gasteiger partial charge in [0.05, 0.1) is 0 Å². The summed E-state index contributed by atoms with van der Waals surface area (Å²) in [7, 11) is 3.63. The molecular formula is C22H28FN3O. The number of carbonyl (C=O) groups excluding carboxylic acids is 1. The number of likely N-dealkylation sites (N-methyl/N-ethyl adjacent to an activating group) is 1. The number of nitrogens with zero attached hydrogens (tertiary/aromatic N) is 3. The van der Waals surface area contributed by atoms with E-state index in [-0.39, 0.29) is 17.8 Å². The van der Waals surface area contributed by atoms with E-state index >= 15 is 0 Å². The van der Waals surface area contributed by atoms with Crippen molar-refractivity contribution in [1.82, 2.24) is 14.7 Å². The summed E-state index contributed by atoms with van der Waals surface area (Å²) in [5.41, 5.74) is 2.16. The van der Waals surface area contributed by atoms with Crippen LogP contribution in [0.4, 0.5) is 4.39 Å². The molecule has 27 heavy (non-hydrogen) atoms. The quantitative estimate of drug-likeness (QED) is 0.810. The summed E-state index contributed by atoms with van der Waals surface area (Å²) in [4.78, 5) is 19.3. The lowest BCUT2D eigenvalue weighted by atomic mass is 10.0. The molecule has 1 amide bonds. The van der Waals surface area contributed by atoms with Crippen LogP contribution in [0.25, 0.3) is 0 Å². The Morgan fingerprint density at radius 1 is 1.00 bits per heavy atom. The van der Waals surface area contributed by atoms with Gasteiger partial charge in [0.2, 0.25) is 5.91 Å². The van der Waals surface area contributed by atoms with Gasteiger partial charge in [-0.1, -0.05) is 42.5 Å². The molecule has 0 aliphatic carbocycles. The number of rotatable bonds is 5. The summed E-state index contributed by atoms with van der Waals surface area (Å²) in [6, 6.07) is 16.5. The fraction of sp³-hybridized carbons (Fsp3) is 0.409. The van der Waals surface area contributed by atoms with E-state index in [1.807, 2.05) is 56.6 Å². The summed E-state index contributed by atoms with van der Waals surface area (Å²) in [5, 5.41) is 0. The Labute approximate surface area is 161 Å². The average molecular weight is 369 g/mol. The van der Waals surface area contributed by atoms with Gasteiger partial charge in [-0.2, -0.15) is 0 Å². The standard InChI is InChI=1S/C22H28FN3O/c1-24(2)22(27)21(19-7-4-3-5-8-19)26-14-6-13-25(15-16-26)17-18-9-11-20(23)12-10-18/h3-5,7-12,21H,6,13-17H2,1-2H3. The van der Waals surface area contributed by atoms with Crippen molar-refractivity contribution < 1.29 is 9.18 Å². The molecule has 1 heterocycles. The van der Waals surface area contributed by atoms with E-state index in [1.54, 1.807) is 4.90 Å². The molecule has 1 unspecified atom stereocenters. The molecule has 2 aromatic rings. The van der Waals surface area contributed by atoms with Crippen LogP contribution in [0.3, 0.4) is 0 Å². The molecule has 0 radical (unpaired) electrons. The molecule has 0 aromatic heterocycles. The molecule has 0 N–H and O–H groups in total. The topological polar surface area (TPSA) is 26.8 Å². The summed E-state index contributed by atoms with van der Waals surface area (Å²) in [5.74, 6) is -0.0816. The fourth-order valence-corrected chi connectivity index (χ4v) is 3.64. The van der Waals surface area contributed by atoms with Gasteiger partial charge in [-0.3, -0.25) is 14.6 Å². The zero-order valence-corrected chi connectivity index (χ0v) is 16.1. The molecule has 1 fully saturated rings. The molecule has 0 spiro atoms. The maximum absolute atomic E-state index is 13.1. The van der Waals surface area contributed by atoms with Crippen LogP contribution in [0, 0.1) is 5.82 Å². The third-order valence-corrected chi connectivity index (χ3v) is 5.10. The third-order valence-electron chi connectivity index (χ3n) is 5.10. The number of benzene rings is 2. The van der Waals surface area contributed by atoms with E-state index in [0.29, 0.717) is 0 Å². The van der Waals surface area contributed by atoms with Gasteiger partial charge in [-0.05, 0) is 36.2 Å². The van der Waals surface area contributed by atoms with Crippen LogP contribution >= 0.6 is 0 Å². The molecule has 4 nitrogen and oxygen atoms in total. The van der Waals surface area contributed by atoms with Crippen LogP contribution in [-0.2, 0) is 11.3 Å². The van der Waals surface area contributed by atoms with Crippen LogP contribution < -0.4 is 0 Å². The third kappa shape index (κ3) is 5.15. The maximum Gasteiger partial charge on any atom is 0.244 e. The highest BCUT2D eigenvalue weighted by molar-refractivity contribution is 5.82. The van der Waals surface area contributed by atoms with Crippen LogP contribution in [0.1, 0.15) is 23.6 Å². The number of hydrogen-bond donors (Lipinski definition) is 0. The summed E-state index contributed by atoms with van der Waals surface area (Å²) in [6.45, 7) is 4.40. The minimum Gasteiger partial charge on any atom is -0.347 e. The predicted molar refractivity (Wildman–Crippen MR) is 106 cm³/mol. The van der Waals surface area contributed by atoms with E-state index in [0.717, 1.165) is 50.3 Å². The van der Waals surface area contributed by atoms with Crippen molar-refractivity contribution in [1.29, 1.82) is 0 Å². The number of halogens is 1. The molecule has 2 aromatic carbocycles. The second-order valence-corrected chi connectivity index (χ2v) is 7.34. The molecule has 1 saturated heterocycles. The lowest BCUT2D eigenvalue weighted by Gasteiger charge is -2.32. The minimum atomic E-state index is -0.244. The first kappa shape index (κ1) is 19.5. The SMILES string of the molecule is CN(C)C(=O)C(c1ccccc1)N1CCCN(Cc2ccc(F)cc2)CC1. The Kier molecular flexibility index (Phi) is 6.58. The molecule has 0 bridgehead atoms. The molecule has 3 rings (SSSR count). The van der Waals surface area contributed by atoms with Crippen molar-refractivity contribution >= 4 is 5.91 Å². The lowest BCUT2D eigenvalue weighted by molar-refractivity contribution is -0.134. The summed E-state index contributed by atoms with van der Waals surface area (Å²) >= 11 is 0. The van der Waals surface area contributed by atoms with Crippen molar-refractivity contribution in [2.45, 2.75) is 19.0 Å². The highest BCUT2D eigenvalue weighted by atomic mass is 19.1. The zero-order valence-electron chi connectivity index (χ0n) is 16.1. The lowest BCUT2D eigenvalue weighted by Crippen LogP contribution is -2.41. The van der Waals surface area contributed by atoms with Crippen LogP contribution in [-0.4, -0.2) is 60.9 Å². The van der Waals surface area contributed by atoms with E-state index in [9.17, 15) is 9.18 Å². The van der Waals surface area contributed by atoms with Gasteiger partial charge < -0.3 is 4.90 Å². The van der Waals surface area contributed by atoms with Crippen molar-refractivity contribution in [3.63, 3.8) is 0 Å². The second-order valence-electron chi connectivity index (χ2n) is 7.34. The molecule has 1 aliphatic rings. The van der Waals surface area contributed by atoms with Gasteiger partial charge in [0.25, 0.3) is 0 Å². The zero-order chi connectivity index (χ0) is 19.2. The highest BCUT2D eigenvalue weighted by Crippen LogP contribution is 2.24. The van der Waals surface area contributed by atoms with Crippen LogP contribution in [0.2, 0.25) is 0 Å². The van der Waals surface area contributed by atoms with Crippen molar-refractivity contribution in [3.8, 4) is 0 Å². The van der Waals surface area contributed by atoms with Crippen LogP contribution in [0.15, 0.2) is 54.6 Å². The normalized spacial score (nSPS) is 17.3. The summed E-state index contributed by atoms with van der Waals surface area (Å²) in [6.07, 6.45) is 1.01. The number of amides is 1. The van der Waals surface area contributed by atoms with Crippen molar-refractivity contribution in [2.75, 3.05) is 40.3 Å². The van der Waals surface area contributed by atoms with E-state index < -0.39 is 0 Å². The molecular weight excluding hydrogens is 341 g/mol. The highest BCUT2D eigenvalue weighted by Gasteiger charge is 2.30. The molecule has 144 valence electrons. The Morgan fingerprint density at radius 3 is 2.37 bits per heavy atom. The van der Waals surface area contributed by atoms with E-state index in [1.165, 1.54) is 12.1 Å². The smallest absolute Gasteiger partial charge is 0.244 e. The summed E-state index contributed by atoms with van der Waals surface area (Å²) < 4.78 is 13.1. The van der Waals surface area contributed by atoms with Gasteiger partial charge in [0.15, 0.2) is 0 Å². The second kappa shape index (κ2) is 9.11. The minimum absolute atomic E-state index is 0.119. The predicted octanol–water partition coefficient (Wildman–Crippen LogP) is 3.16. The maximum atomic E-state index is 13.1. The fourth-order valence-electron chi connectivity index (χ4n) is 3.64. The van der Waals surface area contributed by atoms with Gasteiger partial charge in [-0.15, -0.1) is 0 Å².